The Balaban J connectivity index is 0.000000587. The largest absolute Gasteiger partial charge is 0.493 e. The van der Waals surface area contributed by atoms with Crippen molar-refractivity contribution in [3.8, 4) is 11.5 Å². The molecule has 226 valence electrons. The second-order valence-corrected chi connectivity index (χ2v) is 9.75. The van der Waals surface area contributed by atoms with Crippen molar-refractivity contribution in [2.24, 2.45) is 5.73 Å². The molecule has 1 saturated carbocycles. The van der Waals surface area contributed by atoms with E-state index in [-0.39, 0.29) is 29.7 Å². The Morgan fingerprint density at radius 2 is 1.73 bits per heavy atom. The van der Waals surface area contributed by atoms with Crippen LogP contribution in [0.5, 0.6) is 11.5 Å². The van der Waals surface area contributed by atoms with Gasteiger partial charge in [-0.1, -0.05) is 6.07 Å². The lowest BCUT2D eigenvalue weighted by Crippen LogP contribution is -2.55. The number of ether oxygens (including phenoxy) is 2. The summed E-state index contributed by atoms with van der Waals surface area (Å²) in [5.74, 6) is -3.54. The third-order valence-electron chi connectivity index (χ3n) is 7.70. The summed E-state index contributed by atoms with van der Waals surface area (Å²) >= 11 is 0. The summed E-state index contributed by atoms with van der Waals surface area (Å²) in [6, 6.07) is 8.08. The minimum Gasteiger partial charge on any atom is -0.493 e. The number of hydrogen-bond donors (Lipinski definition) is 2. The minimum atomic E-state index is -5.08. The number of carboxylic acid groups (broad SMARTS) is 1. The molecule has 2 fully saturated rings. The van der Waals surface area contributed by atoms with Crippen molar-refractivity contribution in [2.75, 3.05) is 38.9 Å². The average molecular weight is 592 g/mol. The van der Waals surface area contributed by atoms with Gasteiger partial charge in [0.1, 0.15) is 6.67 Å². The van der Waals surface area contributed by atoms with Crippen LogP contribution in [0.25, 0.3) is 0 Å². The maximum Gasteiger partial charge on any atom is 0.490 e. The molecular formula is C27H31F6N3O5. The zero-order valence-corrected chi connectivity index (χ0v) is 22.4. The minimum absolute atomic E-state index is 0.0627. The van der Waals surface area contributed by atoms with Crippen LogP contribution in [0.2, 0.25) is 0 Å². The molecule has 2 aromatic rings. The van der Waals surface area contributed by atoms with Crippen molar-refractivity contribution in [2.45, 2.75) is 49.4 Å². The van der Waals surface area contributed by atoms with Crippen molar-refractivity contribution in [3.05, 3.63) is 53.6 Å². The number of carboxylic acids is 1. The number of alkyl halides is 4. The molecule has 2 aromatic carbocycles. The number of likely N-dealkylation sites (tertiary alicyclic amines) is 1. The molecule has 2 aliphatic rings. The number of carbonyl (C=O) groups is 2. The molecular weight excluding hydrogens is 560 g/mol. The Bertz CT molecular complexity index is 1250. The summed E-state index contributed by atoms with van der Waals surface area (Å²) < 4.78 is 83.5. The Hall–Kier alpha value is -3.68. The van der Waals surface area contributed by atoms with Gasteiger partial charge in [-0.2, -0.15) is 13.2 Å². The summed E-state index contributed by atoms with van der Waals surface area (Å²) in [7, 11) is 3.17. The molecule has 41 heavy (non-hydrogen) atoms. The summed E-state index contributed by atoms with van der Waals surface area (Å²) in [5.41, 5.74) is 6.73. The average Bonchev–Trinajstić information content (AvgIpc) is 3.29. The van der Waals surface area contributed by atoms with E-state index in [9.17, 15) is 31.1 Å². The van der Waals surface area contributed by atoms with E-state index in [1.54, 1.807) is 14.2 Å². The first-order valence-electron chi connectivity index (χ1n) is 12.7. The van der Waals surface area contributed by atoms with E-state index in [0.29, 0.717) is 30.8 Å². The molecule has 0 aromatic heterocycles. The lowest BCUT2D eigenvalue weighted by atomic mass is 9.64. The highest BCUT2D eigenvalue weighted by molar-refractivity contribution is 5.91. The number of halogens is 6. The van der Waals surface area contributed by atoms with Crippen molar-refractivity contribution in [3.63, 3.8) is 0 Å². The van der Waals surface area contributed by atoms with Crippen LogP contribution in [-0.2, 0) is 10.2 Å². The fourth-order valence-electron chi connectivity index (χ4n) is 5.87. The normalized spacial score (nSPS) is 22.2. The predicted molar refractivity (Wildman–Crippen MR) is 137 cm³/mol. The topological polar surface area (TPSA) is 105 Å². The number of methoxy groups -OCH3 is 2. The van der Waals surface area contributed by atoms with Crippen LogP contribution in [0.3, 0.4) is 0 Å². The van der Waals surface area contributed by atoms with E-state index >= 15 is 0 Å². The Labute approximate surface area is 232 Å². The third kappa shape index (κ3) is 6.80. The zero-order chi connectivity index (χ0) is 30.5. The van der Waals surface area contributed by atoms with E-state index in [1.165, 1.54) is 11.0 Å². The van der Waals surface area contributed by atoms with Crippen LogP contribution < -0.4 is 20.1 Å². The van der Waals surface area contributed by atoms with E-state index in [1.807, 2.05) is 18.2 Å². The number of rotatable bonds is 7. The molecule has 0 spiro atoms. The first-order chi connectivity index (χ1) is 19.3. The summed E-state index contributed by atoms with van der Waals surface area (Å²) in [5, 5.41) is 7.12. The van der Waals surface area contributed by atoms with Gasteiger partial charge in [0, 0.05) is 35.8 Å². The molecule has 8 nitrogen and oxygen atoms in total. The highest BCUT2D eigenvalue weighted by Crippen LogP contribution is 2.51. The summed E-state index contributed by atoms with van der Waals surface area (Å²) in [6.45, 7) is 0.525. The molecule has 1 heterocycles. The summed E-state index contributed by atoms with van der Waals surface area (Å²) in [6.07, 6.45) is -2.40. The number of anilines is 1. The molecule has 0 bridgehead atoms. The molecule has 4 rings (SSSR count). The monoisotopic (exact) mass is 591 g/mol. The van der Waals surface area contributed by atoms with Gasteiger partial charge in [0.15, 0.2) is 23.1 Å². The van der Waals surface area contributed by atoms with Crippen molar-refractivity contribution in [1.82, 2.24) is 4.90 Å². The van der Waals surface area contributed by atoms with Crippen molar-refractivity contribution >= 4 is 17.7 Å². The van der Waals surface area contributed by atoms with E-state index in [4.69, 9.17) is 25.1 Å². The molecule has 3 N–H and O–H groups in total. The Kier molecular flexibility index (Phi) is 10.0. The summed E-state index contributed by atoms with van der Waals surface area (Å²) in [4.78, 5) is 24.8. The number of benzene rings is 2. The molecule has 0 unspecified atom stereocenters. The fourth-order valence-corrected chi connectivity index (χ4v) is 5.87. The van der Waals surface area contributed by atoms with Gasteiger partial charge in [-0.15, -0.1) is 0 Å². The molecule has 2 amide bonds. The number of hydrogen-bond acceptors (Lipinski definition) is 5. The van der Waals surface area contributed by atoms with E-state index < -0.39 is 36.5 Å². The number of fused-ring (bicyclic) bond motifs is 1. The van der Waals surface area contributed by atoms with Gasteiger partial charge >= 0.3 is 18.2 Å². The molecule has 1 aliphatic carbocycles. The van der Waals surface area contributed by atoms with Gasteiger partial charge in [-0.25, -0.2) is 22.8 Å². The van der Waals surface area contributed by atoms with Crippen LogP contribution in [0, 0.1) is 11.6 Å². The molecule has 3 atom stereocenters. The third-order valence-corrected chi connectivity index (χ3v) is 7.70. The number of carbonyl (C=O) groups excluding carboxylic acids is 1. The van der Waals surface area contributed by atoms with Gasteiger partial charge in [-0.05, 0) is 62.1 Å². The van der Waals surface area contributed by atoms with Crippen LogP contribution in [0.1, 0.15) is 31.2 Å². The van der Waals surface area contributed by atoms with Gasteiger partial charge < -0.3 is 20.3 Å². The highest BCUT2D eigenvalue weighted by Gasteiger charge is 2.52. The number of primary amides is 1. The lowest BCUT2D eigenvalue weighted by molar-refractivity contribution is -0.192. The van der Waals surface area contributed by atoms with Crippen LogP contribution >= 0.6 is 0 Å². The number of aliphatic carboxylic acids is 1. The van der Waals surface area contributed by atoms with Crippen molar-refractivity contribution in [1.29, 1.82) is 0 Å². The van der Waals surface area contributed by atoms with Gasteiger partial charge in [0.25, 0.3) is 0 Å². The lowest BCUT2D eigenvalue weighted by Gasteiger charge is -2.47. The zero-order valence-electron chi connectivity index (χ0n) is 22.4. The van der Waals surface area contributed by atoms with Crippen molar-refractivity contribution < 1.29 is 50.5 Å². The fraction of sp³-hybridized carbons (Fsp3) is 0.481. The Morgan fingerprint density at radius 3 is 2.27 bits per heavy atom. The standard InChI is InChI=1S/C25H30F3N3O3.C2HF3O2/c1-33-21-6-3-16(13-22(21)34-2)25-8-7-18(15-23(25)30(11-9-25)12-10-26)31(24(29)32)17-4-5-19(27)20(28)14-17;3-2(4,5)1(6)7/h3-6,13-14,18,23H,7-12,15H2,1-2H3,(H2,29,32);(H,6,7)/t18-,23+,25+;/m1./s1. The van der Waals surface area contributed by atoms with Gasteiger partial charge in [0.05, 0.1) is 14.2 Å². The molecule has 1 aliphatic heterocycles. The number of amides is 2. The first-order valence-corrected chi connectivity index (χ1v) is 12.7. The predicted octanol–water partition coefficient (Wildman–Crippen LogP) is 5.03. The smallest absolute Gasteiger partial charge is 0.490 e. The molecule has 0 radical (unpaired) electrons. The van der Waals surface area contributed by atoms with Crippen LogP contribution in [0.15, 0.2) is 36.4 Å². The maximum atomic E-state index is 13.9. The van der Waals surface area contributed by atoms with Gasteiger partial charge in [-0.3, -0.25) is 9.80 Å². The molecule has 14 heteroatoms. The first kappa shape index (κ1) is 31.8. The quantitative estimate of drug-likeness (QED) is 0.438. The number of nitrogens with zero attached hydrogens (tertiary/aromatic N) is 2. The number of nitrogens with two attached hydrogens (primary N) is 1. The Morgan fingerprint density at radius 1 is 1.07 bits per heavy atom. The maximum absolute atomic E-state index is 13.9. The van der Waals surface area contributed by atoms with Crippen LogP contribution in [0.4, 0.5) is 36.8 Å². The number of urea groups is 1. The molecule has 1 saturated heterocycles. The van der Waals surface area contributed by atoms with E-state index in [2.05, 4.69) is 4.90 Å². The van der Waals surface area contributed by atoms with Crippen LogP contribution in [-0.4, -0.2) is 74.3 Å². The highest BCUT2D eigenvalue weighted by atomic mass is 19.4. The second kappa shape index (κ2) is 12.9. The van der Waals surface area contributed by atoms with Gasteiger partial charge in [0.2, 0.25) is 0 Å². The second-order valence-electron chi connectivity index (χ2n) is 9.75. The SMILES string of the molecule is COc1ccc([C@@]23CC[C@@H](N(C(N)=O)c4ccc(F)c(F)c4)C[C@@H]2N(CCF)CC3)cc1OC.O=C(O)C(F)(F)F. The van der Waals surface area contributed by atoms with E-state index in [0.717, 1.165) is 30.7 Å².